The van der Waals surface area contributed by atoms with Crippen LogP contribution >= 0.6 is 0 Å². The Kier molecular flexibility index (Phi) is 4.54. The lowest BCUT2D eigenvalue weighted by Crippen LogP contribution is -2.37. The number of carboxylic acids is 2. The fraction of sp³-hybridized carbons (Fsp3) is 0.182. The summed E-state index contributed by atoms with van der Waals surface area (Å²) in [5.74, 6) is -4.47. The lowest BCUT2D eigenvalue weighted by Gasteiger charge is -2.10. The van der Waals surface area contributed by atoms with E-state index in [2.05, 4.69) is 5.32 Å². The third-order valence-corrected chi connectivity index (χ3v) is 2.20. The number of rotatable bonds is 5. The molecule has 0 saturated heterocycles. The van der Waals surface area contributed by atoms with Crippen LogP contribution in [0.3, 0.4) is 0 Å². The van der Waals surface area contributed by atoms with E-state index in [-0.39, 0.29) is 5.69 Å². The largest absolute Gasteiger partial charge is 0.481 e. The summed E-state index contributed by atoms with van der Waals surface area (Å²) in [6, 6.07) is 1.66. The molecule has 5 N–H and O–H groups in total. The predicted molar refractivity (Wildman–Crippen MR) is 62.2 cm³/mol. The summed E-state index contributed by atoms with van der Waals surface area (Å²) in [7, 11) is 0. The van der Waals surface area contributed by atoms with Crippen LogP contribution < -0.4 is 11.1 Å². The van der Waals surface area contributed by atoms with Crippen LogP contribution in [0.25, 0.3) is 0 Å². The Bertz CT molecular complexity index is 532. The normalized spacial score (nSPS) is 11.7. The van der Waals surface area contributed by atoms with Crippen LogP contribution in [0.1, 0.15) is 16.8 Å². The van der Waals surface area contributed by atoms with Crippen molar-refractivity contribution in [2.75, 3.05) is 5.32 Å². The molecule has 19 heavy (non-hydrogen) atoms. The van der Waals surface area contributed by atoms with E-state index < -0.39 is 41.7 Å². The third-order valence-electron chi connectivity index (χ3n) is 2.20. The van der Waals surface area contributed by atoms with Gasteiger partial charge in [0, 0.05) is 5.69 Å². The van der Waals surface area contributed by atoms with Crippen molar-refractivity contribution in [2.24, 2.45) is 5.73 Å². The van der Waals surface area contributed by atoms with Gasteiger partial charge in [-0.15, -0.1) is 0 Å². The summed E-state index contributed by atoms with van der Waals surface area (Å²) >= 11 is 0. The van der Waals surface area contributed by atoms with E-state index in [0.29, 0.717) is 0 Å². The minimum absolute atomic E-state index is 0.0182. The first-order valence-corrected chi connectivity index (χ1v) is 5.12. The molecule has 7 nitrogen and oxygen atoms in total. The summed E-state index contributed by atoms with van der Waals surface area (Å²) < 4.78 is 13.1. The summed E-state index contributed by atoms with van der Waals surface area (Å²) in [6.45, 7) is 0. The standard InChI is InChI=1S/C11H11FN2O5/c12-7-2-1-5(3-6(7)11(18)19)14-10(17)8(13)4-9(15)16/h1-3,8H,4,13H2,(H,14,17)(H,15,16)(H,18,19). The molecular weight excluding hydrogens is 259 g/mol. The summed E-state index contributed by atoms with van der Waals surface area (Å²) in [4.78, 5) is 32.5. The third kappa shape index (κ3) is 4.03. The van der Waals surface area contributed by atoms with Gasteiger partial charge in [0.05, 0.1) is 18.0 Å². The van der Waals surface area contributed by atoms with Gasteiger partial charge in [-0.25, -0.2) is 9.18 Å². The van der Waals surface area contributed by atoms with Crippen molar-refractivity contribution in [1.82, 2.24) is 0 Å². The molecule has 1 atom stereocenters. The van der Waals surface area contributed by atoms with Gasteiger partial charge >= 0.3 is 11.9 Å². The first kappa shape index (κ1) is 14.6. The zero-order valence-corrected chi connectivity index (χ0v) is 9.59. The number of aromatic carboxylic acids is 1. The van der Waals surface area contributed by atoms with Gasteiger partial charge in [-0.05, 0) is 18.2 Å². The zero-order chi connectivity index (χ0) is 14.6. The average Bonchev–Trinajstić information content (AvgIpc) is 2.30. The highest BCUT2D eigenvalue weighted by Gasteiger charge is 2.18. The molecule has 0 bridgehead atoms. The Balaban J connectivity index is 2.83. The second-order valence-corrected chi connectivity index (χ2v) is 3.69. The average molecular weight is 270 g/mol. The van der Waals surface area contributed by atoms with Gasteiger partial charge in [-0.2, -0.15) is 0 Å². The van der Waals surface area contributed by atoms with E-state index in [9.17, 15) is 18.8 Å². The van der Waals surface area contributed by atoms with Crippen molar-refractivity contribution in [3.63, 3.8) is 0 Å². The summed E-state index contributed by atoms with van der Waals surface area (Å²) in [6.07, 6.45) is -0.571. The fourth-order valence-electron chi connectivity index (χ4n) is 1.28. The van der Waals surface area contributed by atoms with Crippen molar-refractivity contribution in [2.45, 2.75) is 12.5 Å². The molecule has 0 radical (unpaired) electrons. The quantitative estimate of drug-likeness (QED) is 0.607. The molecule has 1 unspecified atom stereocenters. The Morgan fingerprint density at radius 1 is 1.32 bits per heavy atom. The van der Waals surface area contributed by atoms with Crippen molar-refractivity contribution in [3.8, 4) is 0 Å². The number of hydrogen-bond acceptors (Lipinski definition) is 4. The maximum absolute atomic E-state index is 13.1. The van der Waals surface area contributed by atoms with Crippen molar-refractivity contribution in [3.05, 3.63) is 29.6 Å². The van der Waals surface area contributed by atoms with Gasteiger partial charge in [0.1, 0.15) is 5.82 Å². The molecule has 1 aromatic rings. The molecule has 102 valence electrons. The van der Waals surface area contributed by atoms with Crippen molar-refractivity contribution < 1.29 is 29.0 Å². The predicted octanol–water partition coefficient (Wildman–Crippen LogP) is 0.264. The highest BCUT2D eigenvalue weighted by atomic mass is 19.1. The van der Waals surface area contributed by atoms with Crippen molar-refractivity contribution >= 4 is 23.5 Å². The molecule has 0 aliphatic heterocycles. The Hall–Kier alpha value is -2.48. The molecule has 8 heteroatoms. The van der Waals surface area contributed by atoms with Crippen LogP contribution in [0.15, 0.2) is 18.2 Å². The first-order valence-electron chi connectivity index (χ1n) is 5.12. The number of hydrogen-bond donors (Lipinski definition) is 4. The number of carboxylic acid groups (broad SMARTS) is 2. The number of nitrogens with one attached hydrogen (secondary N) is 1. The minimum atomic E-state index is -1.48. The van der Waals surface area contributed by atoms with E-state index in [4.69, 9.17) is 15.9 Å². The number of carbonyl (C=O) groups excluding carboxylic acids is 1. The molecule has 0 aliphatic rings. The molecule has 0 saturated carbocycles. The maximum Gasteiger partial charge on any atom is 0.338 e. The number of aliphatic carboxylic acids is 1. The van der Waals surface area contributed by atoms with Crippen LogP contribution in [0.5, 0.6) is 0 Å². The van der Waals surface area contributed by atoms with Crippen molar-refractivity contribution in [1.29, 1.82) is 0 Å². The fourth-order valence-corrected chi connectivity index (χ4v) is 1.28. The summed E-state index contributed by atoms with van der Waals surface area (Å²) in [5.41, 5.74) is 4.72. The Morgan fingerprint density at radius 2 is 1.95 bits per heavy atom. The zero-order valence-electron chi connectivity index (χ0n) is 9.59. The van der Waals surface area contributed by atoms with E-state index in [1.165, 1.54) is 0 Å². The molecule has 0 aromatic heterocycles. The lowest BCUT2D eigenvalue weighted by molar-refractivity contribution is -0.138. The SMILES string of the molecule is NC(CC(=O)O)C(=O)Nc1ccc(F)c(C(=O)O)c1. The van der Waals surface area contributed by atoms with Crippen LogP contribution in [-0.4, -0.2) is 34.1 Å². The van der Waals surface area contributed by atoms with Gasteiger partial charge < -0.3 is 21.3 Å². The number of nitrogens with two attached hydrogens (primary N) is 1. The van der Waals surface area contributed by atoms with Crippen LogP contribution in [0.4, 0.5) is 10.1 Å². The molecule has 0 spiro atoms. The first-order chi connectivity index (χ1) is 8.81. The lowest BCUT2D eigenvalue weighted by atomic mass is 10.1. The summed E-state index contributed by atoms with van der Waals surface area (Å²) in [5, 5.41) is 19.4. The minimum Gasteiger partial charge on any atom is -0.481 e. The van der Waals surface area contributed by atoms with Crippen LogP contribution in [0.2, 0.25) is 0 Å². The van der Waals surface area contributed by atoms with Crippen LogP contribution in [-0.2, 0) is 9.59 Å². The Labute approximate surface area is 106 Å². The second-order valence-electron chi connectivity index (χ2n) is 3.69. The number of anilines is 1. The molecule has 1 aromatic carbocycles. The van der Waals surface area contributed by atoms with E-state index in [1.807, 2.05) is 0 Å². The number of halogens is 1. The number of benzene rings is 1. The smallest absolute Gasteiger partial charge is 0.338 e. The molecule has 0 fully saturated rings. The number of carbonyl (C=O) groups is 3. The monoisotopic (exact) mass is 270 g/mol. The second kappa shape index (κ2) is 5.91. The molecule has 1 rings (SSSR count). The Morgan fingerprint density at radius 3 is 2.47 bits per heavy atom. The van der Waals surface area contributed by atoms with Crippen LogP contribution in [0, 0.1) is 5.82 Å². The van der Waals surface area contributed by atoms with E-state index in [1.54, 1.807) is 0 Å². The molecule has 0 aliphatic carbocycles. The number of amides is 1. The molecular formula is C11H11FN2O5. The van der Waals surface area contributed by atoms with E-state index >= 15 is 0 Å². The molecule has 0 heterocycles. The van der Waals surface area contributed by atoms with Gasteiger partial charge in [0.15, 0.2) is 0 Å². The van der Waals surface area contributed by atoms with Gasteiger partial charge in [0.25, 0.3) is 0 Å². The molecule has 1 amide bonds. The topological polar surface area (TPSA) is 130 Å². The van der Waals surface area contributed by atoms with E-state index in [0.717, 1.165) is 18.2 Å². The van der Waals surface area contributed by atoms with Gasteiger partial charge in [-0.1, -0.05) is 0 Å². The highest BCUT2D eigenvalue weighted by molar-refractivity contribution is 5.98. The van der Waals surface area contributed by atoms with Gasteiger partial charge in [0.2, 0.25) is 5.91 Å². The highest BCUT2D eigenvalue weighted by Crippen LogP contribution is 2.15. The van der Waals surface area contributed by atoms with Gasteiger partial charge in [-0.3, -0.25) is 9.59 Å². The maximum atomic E-state index is 13.1.